The Labute approximate surface area is 225 Å². The number of aliphatic hydroxyl groups excluding tert-OH is 1. The van der Waals surface area contributed by atoms with Crippen molar-refractivity contribution in [2.45, 2.75) is 72.8 Å². The quantitative estimate of drug-likeness (QED) is 0.319. The van der Waals surface area contributed by atoms with Crippen molar-refractivity contribution >= 4 is 33.1 Å². The maximum Gasteiger partial charge on any atom is 0.254 e. The van der Waals surface area contributed by atoms with E-state index in [4.69, 9.17) is 4.74 Å². The maximum absolute atomic E-state index is 12.8. The molecule has 1 heterocycles. The number of Topliss-reactive ketones (excluding diaryl/α,β-unsaturated/α-hetero) is 1. The molecular formula is C31H41NO4S. The maximum atomic E-state index is 12.8. The molecule has 0 saturated carbocycles. The molecule has 6 heteroatoms. The first-order chi connectivity index (χ1) is 17.3. The number of ether oxygens (including phenoxy) is 1. The largest absolute Gasteiger partial charge is 0.491 e. The van der Waals surface area contributed by atoms with Crippen LogP contribution < -0.4 is 4.74 Å². The second-order valence-electron chi connectivity index (χ2n) is 11.2. The fraction of sp³-hybridized carbons (Fsp3) is 0.484. The van der Waals surface area contributed by atoms with Crippen molar-refractivity contribution in [3.8, 4) is 5.75 Å². The molecule has 0 aliphatic heterocycles. The number of aryl methyl sites for hydroxylation is 1. The monoisotopic (exact) mass is 523 g/mol. The zero-order valence-corrected chi connectivity index (χ0v) is 24.3. The van der Waals surface area contributed by atoms with Gasteiger partial charge in [0.15, 0.2) is 0 Å². The lowest BCUT2D eigenvalue weighted by molar-refractivity contribution is -0.117. The van der Waals surface area contributed by atoms with Crippen molar-refractivity contribution in [3.63, 3.8) is 0 Å². The van der Waals surface area contributed by atoms with Crippen molar-refractivity contribution in [1.82, 2.24) is 4.90 Å². The second kappa shape index (κ2) is 11.4. The number of fused-ring (bicyclic) bond motifs is 1. The van der Waals surface area contributed by atoms with Crippen LogP contribution in [0.3, 0.4) is 0 Å². The summed E-state index contributed by atoms with van der Waals surface area (Å²) in [5, 5.41) is 11.5. The van der Waals surface area contributed by atoms with E-state index in [1.165, 1.54) is 22.3 Å². The molecule has 5 nitrogen and oxygen atoms in total. The second-order valence-corrected chi connectivity index (χ2v) is 12.3. The summed E-state index contributed by atoms with van der Waals surface area (Å²) < 4.78 is 7.05. The van der Waals surface area contributed by atoms with Crippen molar-refractivity contribution < 1.29 is 19.4 Å². The van der Waals surface area contributed by atoms with Crippen LogP contribution in [0.25, 0.3) is 10.1 Å². The Kier molecular flexibility index (Phi) is 8.86. The van der Waals surface area contributed by atoms with Crippen molar-refractivity contribution in [2.24, 2.45) is 5.41 Å². The Hall–Kier alpha value is -2.70. The number of likely N-dealkylation sites (N-methyl/N-ethyl adjacent to an activating group) is 1. The molecule has 2 aromatic carbocycles. The lowest BCUT2D eigenvalue weighted by Gasteiger charge is -2.32. The van der Waals surface area contributed by atoms with Crippen LogP contribution in [0.15, 0.2) is 42.5 Å². The zero-order chi connectivity index (χ0) is 27.5. The van der Waals surface area contributed by atoms with E-state index in [9.17, 15) is 14.7 Å². The molecule has 0 radical (unpaired) electrons. The Bertz CT molecular complexity index is 1270. The van der Waals surface area contributed by atoms with E-state index in [0.29, 0.717) is 5.56 Å². The van der Waals surface area contributed by atoms with Gasteiger partial charge < -0.3 is 14.7 Å². The molecule has 1 N–H and O–H groups in total. The number of benzene rings is 2. The number of ketones is 1. The lowest BCUT2D eigenvalue weighted by Crippen LogP contribution is -2.32. The van der Waals surface area contributed by atoms with E-state index in [1.54, 1.807) is 18.4 Å². The van der Waals surface area contributed by atoms with Gasteiger partial charge in [-0.3, -0.25) is 9.59 Å². The van der Waals surface area contributed by atoms with E-state index in [1.807, 2.05) is 45.0 Å². The first-order valence-electron chi connectivity index (χ1n) is 13.0. The molecule has 0 bridgehead atoms. The number of thiophene rings is 1. The number of hydrogen-bond acceptors (Lipinski definition) is 5. The third-order valence-corrected chi connectivity index (χ3v) is 8.68. The van der Waals surface area contributed by atoms with E-state index in [0.717, 1.165) is 34.2 Å². The van der Waals surface area contributed by atoms with E-state index in [2.05, 4.69) is 39.0 Å². The summed E-state index contributed by atoms with van der Waals surface area (Å²) in [6.07, 6.45) is 1.33. The fourth-order valence-corrected chi connectivity index (χ4v) is 6.16. The first-order valence-corrected chi connectivity index (χ1v) is 13.8. The van der Waals surface area contributed by atoms with Gasteiger partial charge in [-0.15, -0.1) is 11.3 Å². The van der Waals surface area contributed by atoms with Crippen LogP contribution in [-0.2, 0) is 10.2 Å². The highest BCUT2D eigenvalue weighted by Crippen LogP contribution is 2.45. The van der Waals surface area contributed by atoms with Crippen molar-refractivity contribution in [2.75, 3.05) is 20.2 Å². The molecule has 0 fully saturated rings. The van der Waals surface area contributed by atoms with Crippen LogP contribution in [0.5, 0.6) is 5.75 Å². The molecule has 3 rings (SSSR count). The van der Waals surface area contributed by atoms with Gasteiger partial charge in [-0.05, 0) is 72.9 Å². The normalized spacial score (nSPS) is 13.0. The van der Waals surface area contributed by atoms with Crippen LogP contribution in [0.1, 0.15) is 80.7 Å². The van der Waals surface area contributed by atoms with Gasteiger partial charge in [0, 0.05) is 27.6 Å². The molecule has 1 aromatic heterocycles. The van der Waals surface area contributed by atoms with E-state index < -0.39 is 6.10 Å². The van der Waals surface area contributed by atoms with Crippen LogP contribution >= 0.6 is 11.3 Å². The number of amides is 1. The number of aliphatic hydroxyl groups is 1. The van der Waals surface area contributed by atoms with Gasteiger partial charge in [0.2, 0.25) is 0 Å². The standard InChI is InChI=1S/C31H41NO4S/c1-9-31(10-2,24-13-14-25(20(3)15-24)36-19-27(34)30(5,6)7)28-17-22-11-12-23(16-26(22)37-28)29(35)32(8)18-21(4)33/h11-17,27,34H,9-10,18-19H2,1-8H3. The Morgan fingerprint density at radius 1 is 1.05 bits per heavy atom. The number of nitrogens with zero attached hydrogens (tertiary/aromatic N) is 1. The molecule has 0 saturated heterocycles. The SMILES string of the molecule is CCC(CC)(c1ccc(OCC(O)C(C)(C)C)c(C)c1)c1cc2ccc(C(=O)N(C)CC(C)=O)cc2s1. The van der Waals surface area contributed by atoms with Crippen LogP contribution in [0.4, 0.5) is 0 Å². The molecule has 0 aliphatic rings. The summed E-state index contributed by atoms with van der Waals surface area (Å²) in [6.45, 7) is 14.4. The zero-order valence-electron chi connectivity index (χ0n) is 23.5. The highest BCUT2D eigenvalue weighted by molar-refractivity contribution is 7.19. The molecule has 0 aliphatic carbocycles. The summed E-state index contributed by atoms with van der Waals surface area (Å²) in [6, 6.07) is 14.4. The van der Waals surface area contributed by atoms with Crippen molar-refractivity contribution in [3.05, 3.63) is 64.0 Å². The van der Waals surface area contributed by atoms with Gasteiger partial charge in [0.25, 0.3) is 5.91 Å². The van der Waals surface area contributed by atoms with Crippen LogP contribution in [0.2, 0.25) is 0 Å². The highest BCUT2D eigenvalue weighted by atomic mass is 32.1. The first kappa shape index (κ1) is 28.9. The predicted octanol–water partition coefficient (Wildman–Crippen LogP) is 6.76. The van der Waals surface area contributed by atoms with E-state index in [-0.39, 0.29) is 35.7 Å². The van der Waals surface area contributed by atoms with Gasteiger partial charge in [-0.1, -0.05) is 52.8 Å². The van der Waals surface area contributed by atoms with Gasteiger partial charge in [-0.2, -0.15) is 0 Å². The third kappa shape index (κ3) is 6.24. The van der Waals surface area contributed by atoms with E-state index >= 15 is 0 Å². The number of rotatable bonds is 10. The minimum Gasteiger partial charge on any atom is -0.491 e. The minimum absolute atomic E-state index is 0.0388. The van der Waals surface area contributed by atoms with Crippen molar-refractivity contribution in [1.29, 1.82) is 0 Å². The average Bonchev–Trinajstić information content (AvgIpc) is 3.26. The molecule has 1 atom stereocenters. The summed E-state index contributed by atoms with van der Waals surface area (Å²) in [4.78, 5) is 27.0. The summed E-state index contributed by atoms with van der Waals surface area (Å²) >= 11 is 1.73. The summed E-state index contributed by atoms with van der Waals surface area (Å²) in [7, 11) is 1.66. The topological polar surface area (TPSA) is 66.8 Å². The van der Waals surface area contributed by atoms with Crippen LogP contribution in [0, 0.1) is 12.3 Å². The summed E-state index contributed by atoms with van der Waals surface area (Å²) in [5.74, 6) is 0.609. The minimum atomic E-state index is -0.547. The fourth-order valence-electron chi connectivity index (χ4n) is 4.70. The molecular weight excluding hydrogens is 482 g/mol. The Morgan fingerprint density at radius 2 is 1.73 bits per heavy atom. The Balaban J connectivity index is 1.93. The van der Waals surface area contributed by atoms with Crippen LogP contribution in [-0.4, -0.2) is 48.0 Å². The molecule has 1 amide bonds. The van der Waals surface area contributed by atoms with Gasteiger partial charge in [-0.25, -0.2) is 0 Å². The average molecular weight is 524 g/mol. The molecule has 0 spiro atoms. The number of carbonyl (C=O) groups excluding carboxylic acids is 2. The smallest absolute Gasteiger partial charge is 0.254 e. The van der Waals surface area contributed by atoms with Gasteiger partial charge in [0.05, 0.1) is 12.6 Å². The number of carbonyl (C=O) groups is 2. The molecule has 200 valence electrons. The number of hydrogen-bond donors (Lipinski definition) is 1. The molecule has 37 heavy (non-hydrogen) atoms. The Morgan fingerprint density at radius 3 is 2.30 bits per heavy atom. The molecule has 3 aromatic rings. The predicted molar refractivity (Wildman–Crippen MR) is 153 cm³/mol. The highest BCUT2D eigenvalue weighted by Gasteiger charge is 2.33. The third-order valence-electron chi connectivity index (χ3n) is 7.38. The molecule has 1 unspecified atom stereocenters. The van der Waals surface area contributed by atoms with Gasteiger partial charge in [0.1, 0.15) is 18.1 Å². The van der Waals surface area contributed by atoms with Gasteiger partial charge >= 0.3 is 0 Å². The summed E-state index contributed by atoms with van der Waals surface area (Å²) in [5.41, 5.74) is 2.49. The lowest BCUT2D eigenvalue weighted by atomic mass is 9.74.